The normalized spacial score (nSPS) is 17.4. The molecule has 1 fully saturated rings. The van der Waals surface area contributed by atoms with Crippen molar-refractivity contribution in [3.8, 4) is 0 Å². The Bertz CT molecular complexity index is 166. The number of carbonyl (C=O) groups is 1. The number of nitrogens with two attached hydrogens (primary N) is 1. The van der Waals surface area contributed by atoms with Crippen LogP contribution in [-0.4, -0.2) is 37.1 Å². The fourth-order valence-corrected chi connectivity index (χ4v) is 1.76. The zero-order valence-corrected chi connectivity index (χ0v) is 8.25. The van der Waals surface area contributed by atoms with Crippen LogP contribution in [0.1, 0.15) is 25.7 Å². The Kier molecular flexibility index (Phi) is 4.02. The number of carbonyl (C=O) groups excluding carboxylic acids is 1. The Labute approximate surface area is 79.5 Å². The highest BCUT2D eigenvalue weighted by Crippen LogP contribution is 2.22. The zero-order chi connectivity index (χ0) is 9.68. The van der Waals surface area contributed by atoms with Gasteiger partial charge in [0.1, 0.15) is 0 Å². The third kappa shape index (κ3) is 2.88. The predicted octanol–water partition coefficient (Wildman–Crippen LogP) is 0.529. The molecule has 13 heavy (non-hydrogen) atoms. The Morgan fingerprint density at radius 2 is 2.15 bits per heavy atom. The summed E-state index contributed by atoms with van der Waals surface area (Å²) in [6, 6.07) is 0.454. The number of hydrogen-bond donors (Lipinski definition) is 2. The van der Waals surface area contributed by atoms with Gasteiger partial charge in [-0.05, 0) is 12.8 Å². The summed E-state index contributed by atoms with van der Waals surface area (Å²) in [5.41, 5.74) is 5.30. The molecule has 0 aromatic rings. The summed E-state index contributed by atoms with van der Waals surface area (Å²) in [6.45, 7) is 1.07. The van der Waals surface area contributed by atoms with E-state index in [1.165, 1.54) is 12.8 Å². The van der Waals surface area contributed by atoms with Crippen molar-refractivity contribution in [3.63, 3.8) is 0 Å². The highest BCUT2D eigenvalue weighted by Gasteiger charge is 2.22. The molecule has 0 radical (unpaired) electrons. The number of nitrogens with one attached hydrogen (secondary N) is 1. The summed E-state index contributed by atoms with van der Waals surface area (Å²) in [5.74, 6) is 0. The zero-order valence-electron chi connectivity index (χ0n) is 8.25. The van der Waals surface area contributed by atoms with Crippen LogP contribution in [0.4, 0.5) is 4.79 Å². The molecule has 3 N–H and O–H groups in total. The van der Waals surface area contributed by atoms with E-state index >= 15 is 0 Å². The van der Waals surface area contributed by atoms with Gasteiger partial charge in [0.25, 0.3) is 0 Å². The van der Waals surface area contributed by atoms with E-state index in [2.05, 4.69) is 5.32 Å². The lowest BCUT2D eigenvalue weighted by molar-refractivity contribution is 0.191. The monoisotopic (exact) mass is 185 g/mol. The Morgan fingerprint density at radius 3 is 2.69 bits per heavy atom. The van der Waals surface area contributed by atoms with E-state index in [4.69, 9.17) is 5.73 Å². The Balaban J connectivity index is 2.28. The molecule has 1 aliphatic rings. The molecule has 1 rings (SSSR count). The van der Waals surface area contributed by atoms with Crippen LogP contribution in [0.2, 0.25) is 0 Å². The van der Waals surface area contributed by atoms with Gasteiger partial charge in [-0.15, -0.1) is 0 Å². The van der Waals surface area contributed by atoms with Gasteiger partial charge in [0.2, 0.25) is 0 Å². The fraction of sp³-hybridized carbons (Fsp3) is 0.889. The maximum absolute atomic E-state index is 11.4. The van der Waals surface area contributed by atoms with E-state index in [1.807, 2.05) is 11.9 Å². The maximum atomic E-state index is 11.4. The van der Waals surface area contributed by atoms with Gasteiger partial charge in [0, 0.05) is 26.2 Å². The molecule has 0 aromatic carbocycles. The van der Waals surface area contributed by atoms with Gasteiger partial charge >= 0.3 is 6.03 Å². The smallest absolute Gasteiger partial charge is 0.317 e. The van der Waals surface area contributed by atoms with Crippen molar-refractivity contribution in [2.24, 2.45) is 5.73 Å². The van der Waals surface area contributed by atoms with E-state index in [9.17, 15) is 4.79 Å². The van der Waals surface area contributed by atoms with Crippen molar-refractivity contribution in [1.29, 1.82) is 0 Å². The van der Waals surface area contributed by atoms with Crippen molar-refractivity contribution >= 4 is 6.03 Å². The van der Waals surface area contributed by atoms with Crippen molar-refractivity contribution in [2.45, 2.75) is 31.7 Å². The summed E-state index contributed by atoms with van der Waals surface area (Å²) in [6.07, 6.45) is 4.79. The van der Waals surface area contributed by atoms with Gasteiger partial charge < -0.3 is 16.0 Å². The first kappa shape index (κ1) is 10.3. The lowest BCUT2D eigenvalue weighted by Crippen LogP contribution is -2.43. The van der Waals surface area contributed by atoms with Crippen LogP contribution in [0.15, 0.2) is 0 Å². The van der Waals surface area contributed by atoms with Gasteiger partial charge in [0.05, 0.1) is 0 Å². The highest BCUT2D eigenvalue weighted by atomic mass is 16.2. The minimum atomic E-state index is 0.0114. The Hall–Kier alpha value is -0.770. The summed E-state index contributed by atoms with van der Waals surface area (Å²) in [5, 5.41) is 2.77. The van der Waals surface area contributed by atoms with Crippen molar-refractivity contribution in [2.75, 3.05) is 20.1 Å². The van der Waals surface area contributed by atoms with Crippen molar-refractivity contribution in [3.05, 3.63) is 0 Å². The molecule has 0 aromatic heterocycles. The SMILES string of the molecule is CN(C(=O)NCCN)C1CCCC1. The topological polar surface area (TPSA) is 58.4 Å². The molecular weight excluding hydrogens is 166 g/mol. The molecule has 2 amide bonds. The van der Waals surface area contributed by atoms with Gasteiger partial charge in [-0.2, -0.15) is 0 Å². The highest BCUT2D eigenvalue weighted by molar-refractivity contribution is 5.74. The first-order chi connectivity index (χ1) is 6.25. The first-order valence-corrected chi connectivity index (χ1v) is 4.96. The van der Waals surface area contributed by atoms with E-state index in [0.717, 1.165) is 12.8 Å². The number of amides is 2. The van der Waals surface area contributed by atoms with E-state index in [0.29, 0.717) is 19.1 Å². The number of urea groups is 1. The molecule has 0 spiro atoms. The van der Waals surface area contributed by atoms with Gasteiger partial charge in [-0.1, -0.05) is 12.8 Å². The summed E-state index contributed by atoms with van der Waals surface area (Å²) >= 11 is 0. The predicted molar refractivity (Wildman–Crippen MR) is 52.5 cm³/mol. The lowest BCUT2D eigenvalue weighted by Gasteiger charge is -2.24. The molecule has 76 valence electrons. The second-order valence-corrected chi connectivity index (χ2v) is 3.57. The maximum Gasteiger partial charge on any atom is 0.317 e. The van der Waals surface area contributed by atoms with Crippen LogP contribution >= 0.6 is 0 Å². The van der Waals surface area contributed by atoms with Crippen molar-refractivity contribution < 1.29 is 4.79 Å². The molecule has 0 saturated heterocycles. The molecule has 0 heterocycles. The average molecular weight is 185 g/mol. The fourth-order valence-electron chi connectivity index (χ4n) is 1.76. The van der Waals surface area contributed by atoms with E-state index in [-0.39, 0.29) is 6.03 Å². The molecule has 4 nitrogen and oxygen atoms in total. The van der Waals surface area contributed by atoms with Crippen LogP contribution < -0.4 is 11.1 Å². The number of hydrogen-bond acceptors (Lipinski definition) is 2. The van der Waals surface area contributed by atoms with Gasteiger partial charge in [0.15, 0.2) is 0 Å². The second kappa shape index (κ2) is 5.07. The van der Waals surface area contributed by atoms with E-state index < -0.39 is 0 Å². The number of nitrogens with zero attached hydrogens (tertiary/aromatic N) is 1. The molecule has 0 aliphatic heterocycles. The first-order valence-electron chi connectivity index (χ1n) is 4.96. The van der Waals surface area contributed by atoms with Gasteiger partial charge in [-0.3, -0.25) is 0 Å². The lowest BCUT2D eigenvalue weighted by atomic mass is 10.2. The molecule has 0 bridgehead atoms. The van der Waals surface area contributed by atoms with E-state index in [1.54, 1.807) is 0 Å². The summed E-state index contributed by atoms with van der Waals surface area (Å²) < 4.78 is 0. The molecular formula is C9H19N3O. The third-order valence-electron chi connectivity index (χ3n) is 2.61. The van der Waals surface area contributed by atoms with Gasteiger partial charge in [-0.25, -0.2) is 4.79 Å². The largest absolute Gasteiger partial charge is 0.337 e. The standard InChI is InChI=1S/C9H19N3O/c1-12(8-4-2-3-5-8)9(13)11-7-6-10/h8H,2-7,10H2,1H3,(H,11,13). The molecule has 1 saturated carbocycles. The summed E-state index contributed by atoms with van der Waals surface area (Å²) in [4.78, 5) is 13.3. The van der Waals surface area contributed by atoms with Crippen LogP contribution in [0.3, 0.4) is 0 Å². The quantitative estimate of drug-likeness (QED) is 0.674. The minimum absolute atomic E-state index is 0.0114. The van der Waals surface area contributed by atoms with Crippen LogP contribution in [0, 0.1) is 0 Å². The number of rotatable bonds is 3. The molecule has 4 heteroatoms. The van der Waals surface area contributed by atoms with Crippen molar-refractivity contribution in [1.82, 2.24) is 10.2 Å². The van der Waals surface area contributed by atoms with Crippen LogP contribution in [0.5, 0.6) is 0 Å². The summed E-state index contributed by atoms with van der Waals surface area (Å²) in [7, 11) is 1.86. The molecule has 1 aliphatic carbocycles. The van der Waals surface area contributed by atoms with Crippen LogP contribution in [-0.2, 0) is 0 Å². The average Bonchev–Trinajstić information content (AvgIpc) is 2.65. The van der Waals surface area contributed by atoms with Crippen LogP contribution in [0.25, 0.3) is 0 Å². The Morgan fingerprint density at radius 1 is 1.54 bits per heavy atom. The minimum Gasteiger partial charge on any atom is -0.337 e. The third-order valence-corrected chi connectivity index (χ3v) is 2.61. The molecule has 0 atom stereocenters. The second-order valence-electron chi connectivity index (χ2n) is 3.57. The molecule has 0 unspecified atom stereocenters.